The van der Waals surface area contributed by atoms with Gasteiger partial charge in [0.15, 0.2) is 0 Å². The summed E-state index contributed by atoms with van der Waals surface area (Å²) in [7, 11) is 3.96. The minimum Gasteiger partial charge on any atom is -0.489 e. The lowest BCUT2D eigenvalue weighted by atomic mass is 9.85. The number of amides is 1. The van der Waals surface area contributed by atoms with E-state index in [0.29, 0.717) is 22.9 Å². The van der Waals surface area contributed by atoms with E-state index in [1.807, 2.05) is 25.1 Å². The highest BCUT2D eigenvalue weighted by atomic mass is 35.5. The van der Waals surface area contributed by atoms with Crippen LogP contribution in [0, 0.1) is 5.92 Å². The Morgan fingerprint density at radius 3 is 2.59 bits per heavy atom. The SMILES string of the molecule is CN(C)CCNC(=O)c1ccc(OC2CCN(CC3CCC3)CC2)c(Cl)c1. The zero-order valence-corrected chi connectivity index (χ0v) is 17.3. The number of piperidine rings is 1. The number of halogens is 1. The number of hydrogen-bond donors (Lipinski definition) is 1. The highest BCUT2D eigenvalue weighted by molar-refractivity contribution is 6.32. The van der Waals surface area contributed by atoms with Gasteiger partial charge in [-0.1, -0.05) is 18.0 Å². The molecular formula is C21H32ClN3O2. The smallest absolute Gasteiger partial charge is 0.251 e. The van der Waals surface area contributed by atoms with Crippen molar-refractivity contribution < 1.29 is 9.53 Å². The lowest BCUT2D eigenvalue weighted by Gasteiger charge is -2.37. The van der Waals surface area contributed by atoms with Crippen LogP contribution in [-0.4, -0.2) is 68.6 Å². The van der Waals surface area contributed by atoms with Gasteiger partial charge in [-0.05, 0) is 63.9 Å². The molecule has 0 atom stereocenters. The van der Waals surface area contributed by atoms with Crippen molar-refractivity contribution in [3.63, 3.8) is 0 Å². The fourth-order valence-corrected chi connectivity index (χ4v) is 3.89. The number of hydrogen-bond acceptors (Lipinski definition) is 4. The summed E-state index contributed by atoms with van der Waals surface area (Å²) in [5.74, 6) is 1.50. The van der Waals surface area contributed by atoms with Crippen molar-refractivity contribution in [3.8, 4) is 5.75 Å². The number of likely N-dealkylation sites (N-methyl/N-ethyl adjacent to an activating group) is 1. The molecule has 2 aliphatic rings. The fourth-order valence-electron chi connectivity index (χ4n) is 3.66. The van der Waals surface area contributed by atoms with E-state index in [9.17, 15) is 4.79 Å². The summed E-state index contributed by atoms with van der Waals surface area (Å²) in [5, 5.41) is 3.41. The first-order valence-electron chi connectivity index (χ1n) is 10.1. The third-order valence-corrected chi connectivity index (χ3v) is 5.90. The predicted molar refractivity (Wildman–Crippen MR) is 110 cm³/mol. The normalized spacial score (nSPS) is 19.1. The Morgan fingerprint density at radius 2 is 2.00 bits per heavy atom. The first-order chi connectivity index (χ1) is 13.0. The van der Waals surface area contributed by atoms with E-state index in [-0.39, 0.29) is 12.0 Å². The summed E-state index contributed by atoms with van der Waals surface area (Å²) in [6, 6.07) is 5.31. The van der Waals surface area contributed by atoms with Crippen molar-refractivity contribution in [2.75, 3.05) is 46.8 Å². The number of carbonyl (C=O) groups excluding carboxylic acids is 1. The average molecular weight is 394 g/mol. The van der Waals surface area contributed by atoms with Crippen LogP contribution in [0.4, 0.5) is 0 Å². The molecule has 1 aromatic carbocycles. The van der Waals surface area contributed by atoms with E-state index in [2.05, 4.69) is 10.2 Å². The number of nitrogens with one attached hydrogen (secondary N) is 1. The van der Waals surface area contributed by atoms with Crippen LogP contribution in [0.1, 0.15) is 42.5 Å². The molecule has 3 rings (SSSR count). The standard InChI is InChI=1S/C21H32ClN3O2/c1-24(2)13-10-23-21(26)17-6-7-20(19(22)14-17)27-18-8-11-25(12-9-18)15-16-4-3-5-16/h6-7,14,16,18H,3-5,8-13,15H2,1-2H3,(H,23,26). The van der Waals surface area contributed by atoms with E-state index in [1.165, 1.54) is 25.8 Å². The van der Waals surface area contributed by atoms with Gasteiger partial charge in [0.05, 0.1) is 5.02 Å². The highest BCUT2D eigenvalue weighted by Crippen LogP contribution is 2.30. The maximum absolute atomic E-state index is 12.2. The number of ether oxygens (including phenoxy) is 1. The molecule has 150 valence electrons. The molecular weight excluding hydrogens is 362 g/mol. The van der Waals surface area contributed by atoms with Gasteiger partial charge in [-0.25, -0.2) is 0 Å². The average Bonchev–Trinajstić information content (AvgIpc) is 2.60. The zero-order chi connectivity index (χ0) is 19.2. The van der Waals surface area contributed by atoms with E-state index in [4.69, 9.17) is 16.3 Å². The van der Waals surface area contributed by atoms with Gasteiger partial charge in [-0.2, -0.15) is 0 Å². The number of rotatable bonds is 8. The number of nitrogens with zero attached hydrogens (tertiary/aromatic N) is 2. The summed E-state index contributed by atoms with van der Waals surface area (Å²) in [6.45, 7) is 4.88. The van der Waals surface area contributed by atoms with Crippen LogP contribution in [0.15, 0.2) is 18.2 Å². The van der Waals surface area contributed by atoms with Crippen molar-refractivity contribution in [1.82, 2.24) is 15.1 Å². The second kappa shape index (κ2) is 9.76. The van der Waals surface area contributed by atoms with Crippen molar-refractivity contribution >= 4 is 17.5 Å². The number of likely N-dealkylation sites (tertiary alicyclic amines) is 1. The summed E-state index contributed by atoms with van der Waals surface area (Å²) in [4.78, 5) is 16.8. The lowest BCUT2D eigenvalue weighted by molar-refractivity contribution is 0.0805. The Kier molecular flexibility index (Phi) is 7.39. The maximum atomic E-state index is 12.2. The summed E-state index contributed by atoms with van der Waals surface area (Å²) < 4.78 is 6.13. The van der Waals surface area contributed by atoms with Gasteiger partial charge in [0.1, 0.15) is 11.9 Å². The molecule has 0 spiro atoms. The predicted octanol–water partition coefficient (Wildman–Crippen LogP) is 3.27. The van der Waals surface area contributed by atoms with Crippen molar-refractivity contribution in [2.24, 2.45) is 5.92 Å². The molecule has 0 radical (unpaired) electrons. The summed E-state index contributed by atoms with van der Waals surface area (Å²) >= 11 is 6.38. The molecule has 0 aromatic heterocycles. The van der Waals surface area contributed by atoms with Gasteiger partial charge in [0.2, 0.25) is 0 Å². The fraction of sp³-hybridized carbons (Fsp3) is 0.667. The Balaban J connectivity index is 1.45. The number of benzene rings is 1. The second-order valence-electron chi connectivity index (χ2n) is 8.12. The van der Waals surface area contributed by atoms with Crippen molar-refractivity contribution in [1.29, 1.82) is 0 Å². The summed E-state index contributed by atoms with van der Waals surface area (Å²) in [5.41, 5.74) is 0.571. The molecule has 1 heterocycles. The van der Waals surface area contributed by atoms with Crippen molar-refractivity contribution in [2.45, 2.75) is 38.2 Å². The first-order valence-corrected chi connectivity index (χ1v) is 10.5. The highest BCUT2D eigenvalue weighted by Gasteiger charge is 2.25. The molecule has 5 nitrogen and oxygen atoms in total. The van der Waals surface area contributed by atoms with Crippen LogP contribution in [-0.2, 0) is 0 Å². The first kappa shape index (κ1) is 20.4. The Labute approximate surface area is 168 Å². The van der Waals surface area contributed by atoms with Gasteiger partial charge in [-0.3, -0.25) is 4.79 Å². The van der Waals surface area contributed by atoms with Gasteiger partial charge >= 0.3 is 0 Å². The molecule has 0 bridgehead atoms. The van der Waals surface area contributed by atoms with Crippen LogP contribution in [0.25, 0.3) is 0 Å². The minimum absolute atomic E-state index is 0.102. The number of carbonyl (C=O) groups is 1. The molecule has 1 saturated heterocycles. The van der Waals surface area contributed by atoms with E-state index in [1.54, 1.807) is 12.1 Å². The van der Waals surface area contributed by atoms with Crippen molar-refractivity contribution in [3.05, 3.63) is 28.8 Å². The molecule has 2 fully saturated rings. The van der Waals surface area contributed by atoms with Gasteiger partial charge in [0, 0.05) is 38.3 Å². The van der Waals surface area contributed by atoms with Gasteiger partial charge in [0.25, 0.3) is 5.91 Å². The van der Waals surface area contributed by atoms with E-state index < -0.39 is 0 Å². The van der Waals surface area contributed by atoms with Crippen LogP contribution in [0.3, 0.4) is 0 Å². The quantitative estimate of drug-likeness (QED) is 0.736. The van der Waals surface area contributed by atoms with Gasteiger partial charge < -0.3 is 19.9 Å². The molecule has 1 aliphatic carbocycles. The molecule has 1 aliphatic heterocycles. The van der Waals surface area contributed by atoms with Crippen LogP contribution >= 0.6 is 11.6 Å². The maximum Gasteiger partial charge on any atom is 0.251 e. The van der Waals surface area contributed by atoms with E-state index in [0.717, 1.165) is 38.4 Å². The summed E-state index contributed by atoms with van der Waals surface area (Å²) in [6.07, 6.45) is 6.50. The molecule has 1 N–H and O–H groups in total. The zero-order valence-electron chi connectivity index (χ0n) is 16.5. The van der Waals surface area contributed by atoms with Crippen LogP contribution in [0.5, 0.6) is 5.75 Å². The second-order valence-corrected chi connectivity index (χ2v) is 8.53. The molecule has 1 amide bonds. The molecule has 0 unspecified atom stereocenters. The Hall–Kier alpha value is -1.30. The van der Waals surface area contributed by atoms with E-state index >= 15 is 0 Å². The third kappa shape index (κ3) is 6.09. The Morgan fingerprint density at radius 1 is 1.26 bits per heavy atom. The molecule has 27 heavy (non-hydrogen) atoms. The van der Waals surface area contributed by atoms with Crippen LogP contribution < -0.4 is 10.1 Å². The largest absolute Gasteiger partial charge is 0.489 e. The molecule has 1 saturated carbocycles. The lowest BCUT2D eigenvalue weighted by Crippen LogP contribution is -2.41. The van der Waals surface area contributed by atoms with Crippen LogP contribution in [0.2, 0.25) is 5.02 Å². The van der Waals surface area contributed by atoms with Gasteiger partial charge in [-0.15, -0.1) is 0 Å². The monoisotopic (exact) mass is 393 g/mol. The topological polar surface area (TPSA) is 44.8 Å². The minimum atomic E-state index is -0.102. The molecule has 1 aromatic rings. The Bertz CT molecular complexity index is 626. The molecule has 6 heteroatoms. The third-order valence-electron chi connectivity index (χ3n) is 5.61.